The second-order valence-electron chi connectivity index (χ2n) is 4.90. The second kappa shape index (κ2) is 6.06. The number of carbonyl (C=O) groups is 1. The molecule has 104 valence electrons. The number of nitrogens with zero attached hydrogens (tertiary/aromatic N) is 1. The van der Waals surface area contributed by atoms with Gasteiger partial charge in [-0.25, -0.2) is 0 Å². The van der Waals surface area contributed by atoms with Crippen LogP contribution >= 0.6 is 0 Å². The highest BCUT2D eigenvalue weighted by Crippen LogP contribution is 2.26. The normalized spacial score (nSPS) is 22.9. The zero-order valence-electron chi connectivity index (χ0n) is 11.8. The van der Waals surface area contributed by atoms with Crippen molar-refractivity contribution in [3.8, 4) is 5.75 Å². The zero-order chi connectivity index (χ0) is 13.8. The Morgan fingerprint density at radius 1 is 1.26 bits per heavy atom. The van der Waals surface area contributed by atoms with Gasteiger partial charge in [0.25, 0.3) is 0 Å². The van der Waals surface area contributed by atoms with Crippen molar-refractivity contribution in [3.63, 3.8) is 0 Å². The van der Waals surface area contributed by atoms with Crippen molar-refractivity contribution in [3.05, 3.63) is 29.8 Å². The number of hydrogen-bond donors (Lipinski definition) is 1. The fourth-order valence-electron chi connectivity index (χ4n) is 2.33. The first-order valence-electron chi connectivity index (χ1n) is 6.92. The number of amides is 1. The molecule has 1 aliphatic rings. The summed E-state index contributed by atoms with van der Waals surface area (Å²) in [5.41, 5.74) is 1.09. The molecule has 1 fully saturated rings. The molecular formula is C15H22N2O2. The summed E-state index contributed by atoms with van der Waals surface area (Å²) in [7, 11) is 1.84. The molecule has 1 N–H and O–H groups in total. The predicted octanol–water partition coefficient (Wildman–Crippen LogP) is 2.31. The summed E-state index contributed by atoms with van der Waals surface area (Å²) < 4.78 is 5.56. The van der Waals surface area contributed by atoms with Gasteiger partial charge in [0.15, 0.2) is 0 Å². The lowest BCUT2D eigenvalue weighted by Gasteiger charge is -2.20. The first-order chi connectivity index (χ1) is 9.17. The summed E-state index contributed by atoms with van der Waals surface area (Å²) >= 11 is 0. The fourth-order valence-corrected chi connectivity index (χ4v) is 2.33. The van der Waals surface area contributed by atoms with Gasteiger partial charge < -0.3 is 9.64 Å². The van der Waals surface area contributed by atoms with Crippen LogP contribution < -0.4 is 10.1 Å². The quantitative estimate of drug-likeness (QED) is 0.885. The van der Waals surface area contributed by atoms with Crippen LogP contribution in [0.25, 0.3) is 0 Å². The van der Waals surface area contributed by atoms with Gasteiger partial charge in [0.2, 0.25) is 5.91 Å². The molecule has 1 aromatic rings. The maximum absolute atomic E-state index is 12.0. The van der Waals surface area contributed by atoms with E-state index < -0.39 is 0 Å². The molecule has 1 aromatic carbocycles. The van der Waals surface area contributed by atoms with E-state index in [2.05, 4.69) is 12.2 Å². The van der Waals surface area contributed by atoms with Gasteiger partial charge in [0.1, 0.15) is 11.9 Å². The molecule has 19 heavy (non-hydrogen) atoms. The van der Waals surface area contributed by atoms with Crippen molar-refractivity contribution in [1.29, 1.82) is 0 Å². The van der Waals surface area contributed by atoms with E-state index in [4.69, 9.17) is 4.74 Å². The van der Waals surface area contributed by atoms with Crippen molar-refractivity contribution in [2.45, 2.75) is 38.9 Å². The van der Waals surface area contributed by atoms with Crippen LogP contribution in [0.1, 0.15) is 38.4 Å². The summed E-state index contributed by atoms with van der Waals surface area (Å²) in [5.74, 6) is 1.04. The number of likely N-dealkylation sites (N-methyl/N-ethyl adjacent to an activating group) is 1. The van der Waals surface area contributed by atoms with E-state index in [0.29, 0.717) is 0 Å². The van der Waals surface area contributed by atoms with E-state index in [1.165, 1.54) is 0 Å². The standard InChI is InChI=1S/C15H22N2O2/c1-4-10-19-12-8-6-11(7-9-12)14-16-13(5-2)15(18)17(14)3/h6-9,13-14,16H,4-5,10H2,1-3H3. The Morgan fingerprint density at radius 3 is 2.47 bits per heavy atom. The van der Waals surface area contributed by atoms with Gasteiger partial charge in [-0.05, 0) is 30.5 Å². The van der Waals surface area contributed by atoms with Crippen LogP contribution in [-0.4, -0.2) is 30.5 Å². The molecule has 4 heteroatoms. The fraction of sp³-hybridized carbons (Fsp3) is 0.533. The molecule has 1 saturated heterocycles. The number of nitrogens with one attached hydrogen (secondary N) is 1. The molecule has 0 aromatic heterocycles. The van der Waals surface area contributed by atoms with Crippen LogP contribution in [0.3, 0.4) is 0 Å². The Hall–Kier alpha value is -1.55. The van der Waals surface area contributed by atoms with E-state index in [-0.39, 0.29) is 18.1 Å². The Morgan fingerprint density at radius 2 is 1.95 bits per heavy atom. The molecule has 1 heterocycles. The Balaban J connectivity index is 2.08. The smallest absolute Gasteiger partial charge is 0.241 e. The molecular weight excluding hydrogens is 240 g/mol. The number of ether oxygens (including phenoxy) is 1. The minimum Gasteiger partial charge on any atom is -0.494 e. The SMILES string of the molecule is CCCOc1ccc(C2NC(CC)C(=O)N2C)cc1. The van der Waals surface area contributed by atoms with Crippen molar-refractivity contribution in [2.24, 2.45) is 0 Å². The van der Waals surface area contributed by atoms with Gasteiger partial charge in [-0.15, -0.1) is 0 Å². The van der Waals surface area contributed by atoms with E-state index in [0.717, 1.165) is 30.8 Å². The lowest BCUT2D eigenvalue weighted by Crippen LogP contribution is -2.27. The highest BCUT2D eigenvalue weighted by Gasteiger charge is 2.35. The average Bonchev–Trinajstić information content (AvgIpc) is 2.73. The topological polar surface area (TPSA) is 41.6 Å². The minimum absolute atomic E-state index is 0.0299. The van der Waals surface area contributed by atoms with E-state index in [9.17, 15) is 4.79 Å². The molecule has 2 unspecified atom stereocenters. The highest BCUT2D eigenvalue weighted by atomic mass is 16.5. The highest BCUT2D eigenvalue weighted by molar-refractivity contribution is 5.84. The minimum atomic E-state index is -0.0639. The number of carbonyl (C=O) groups excluding carboxylic acids is 1. The van der Waals surface area contributed by atoms with Crippen molar-refractivity contribution in [2.75, 3.05) is 13.7 Å². The molecule has 0 saturated carbocycles. The van der Waals surface area contributed by atoms with Crippen LogP contribution in [0.15, 0.2) is 24.3 Å². The van der Waals surface area contributed by atoms with Crippen molar-refractivity contribution in [1.82, 2.24) is 10.2 Å². The molecule has 0 spiro atoms. The Bertz CT molecular complexity index is 430. The summed E-state index contributed by atoms with van der Waals surface area (Å²) in [6.07, 6.45) is 1.79. The van der Waals surface area contributed by atoms with Gasteiger partial charge in [-0.3, -0.25) is 10.1 Å². The lowest BCUT2D eigenvalue weighted by molar-refractivity contribution is -0.128. The largest absolute Gasteiger partial charge is 0.494 e. The van der Waals surface area contributed by atoms with E-state index in [1.54, 1.807) is 4.90 Å². The molecule has 0 radical (unpaired) electrons. The van der Waals surface area contributed by atoms with Crippen LogP contribution in [0.4, 0.5) is 0 Å². The summed E-state index contributed by atoms with van der Waals surface area (Å²) in [6.45, 7) is 4.84. The van der Waals surface area contributed by atoms with Crippen LogP contribution in [0, 0.1) is 0 Å². The van der Waals surface area contributed by atoms with Gasteiger partial charge in [-0.1, -0.05) is 26.0 Å². The zero-order valence-corrected chi connectivity index (χ0v) is 11.8. The Labute approximate surface area is 114 Å². The number of hydrogen-bond acceptors (Lipinski definition) is 3. The third kappa shape index (κ3) is 2.89. The molecule has 2 atom stereocenters. The molecule has 1 amide bonds. The average molecular weight is 262 g/mol. The maximum Gasteiger partial charge on any atom is 0.241 e. The monoisotopic (exact) mass is 262 g/mol. The third-order valence-electron chi connectivity index (χ3n) is 3.47. The Kier molecular flexibility index (Phi) is 4.43. The second-order valence-corrected chi connectivity index (χ2v) is 4.90. The third-order valence-corrected chi connectivity index (χ3v) is 3.47. The summed E-state index contributed by atoms with van der Waals surface area (Å²) in [4.78, 5) is 13.7. The molecule has 0 aliphatic carbocycles. The van der Waals surface area contributed by atoms with Crippen molar-refractivity contribution >= 4 is 5.91 Å². The molecule has 0 bridgehead atoms. The van der Waals surface area contributed by atoms with Gasteiger partial charge in [0.05, 0.1) is 12.6 Å². The molecule has 1 aliphatic heterocycles. The summed E-state index contributed by atoms with van der Waals surface area (Å²) in [5, 5.41) is 3.35. The lowest BCUT2D eigenvalue weighted by atomic mass is 10.1. The van der Waals surface area contributed by atoms with Crippen LogP contribution in [-0.2, 0) is 4.79 Å². The molecule has 2 rings (SSSR count). The van der Waals surface area contributed by atoms with Crippen molar-refractivity contribution < 1.29 is 9.53 Å². The van der Waals surface area contributed by atoms with Gasteiger partial charge in [-0.2, -0.15) is 0 Å². The summed E-state index contributed by atoms with van der Waals surface area (Å²) in [6, 6.07) is 7.90. The maximum atomic E-state index is 12.0. The van der Waals surface area contributed by atoms with Crippen LogP contribution in [0.5, 0.6) is 5.75 Å². The van der Waals surface area contributed by atoms with E-state index >= 15 is 0 Å². The van der Waals surface area contributed by atoms with Gasteiger partial charge in [0, 0.05) is 7.05 Å². The number of benzene rings is 1. The van der Waals surface area contributed by atoms with Crippen LogP contribution in [0.2, 0.25) is 0 Å². The first-order valence-corrected chi connectivity index (χ1v) is 6.92. The number of rotatable bonds is 5. The predicted molar refractivity (Wildman–Crippen MR) is 75.0 cm³/mol. The van der Waals surface area contributed by atoms with Gasteiger partial charge >= 0.3 is 0 Å². The van der Waals surface area contributed by atoms with E-state index in [1.807, 2.05) is 38.2 Å². The molecule has 4 nitrogen and oxygen atoms in total. The first kappa shape index (κ1) is 13.9.